The number of carbonyl (C=O) groups excluding carboxylic acids is 1. The molecule has 0 atom stereocenters. The van der Waals surface area contributed by atoms with Gasteiger partial charge in [0.15, 0.2) is 16.6 Å². The Morgan fingerprint density at radius 3 is 2.56 bits per heavy atom. The van der Waals surface area contributed by atoms with Gasteiger partial charge in [0.1, 0.15) is 5.75 Å². The van der Waals surface area contributed by atoms with Gasteiger partial charge in [-0.3, -0.25) is 4.79 Å². The Morgan fingerprint density at radius 2 is 1.81 bits per heavy atom. The number of phenolic OH excluding ortho intramolecular Hbond substituents is 1. The number of rotatable bonds is 4. The second kappa shape index (κ2) is 8.27. The smallest absolute Gasteiger partial charge is 0.364 e. The minimum absolute atomic E-state index is 0.0496. The number of nitrogens with zero attached hydrogens (tertiary/aromatic N) is 3. The SMILES string of the molecule is COc1ccc(-c2ccccc2)cc1N=[N+]=NC(=O)c1cc(Cl)ccc1O. The molecule has 0 fully saturated rings. The lowest BCUT2D eigenvalue weighted by Crippen LogP contribution is -1.95. The molecule has 1 amide bonds. The summed E-state index contributed by atoms with van der Waals surface area (Å²) in [5.41, 5.74) is 2.30. The van der Waals surface area contributed by atoms with Crippen LogP contribution in [0.1, 0.15) is 10.4 Å². The summed E-state index contributed by atoms with van der Waals surface area (Å²) in [6.07, 6.45) is 0. The van der Waals surface area contributed by atoms with Crippen LogP contribution in [0.4, 0.5) is 5.69 Å². The molecule has 0 saturated carbocycles. The van der Waals surface area contributed by atoms with Crippen LogP contribution < -0.4 is 9.65 Å². The van der Waals surface area contributed by atoms with E-state index in [1.165, 1.54) is 25.3 Å². The van der Waals surface area contributed by atoms with Crippen LogP contribution in [0.5, 0.6) is 11.5 Å². The average molecular weight is 381 g/mol. The van der Waals surface area contributed by atoms with E-state index in [4.69, 9.17) is 16.3 Å². The van der Waals surface area contributed by atoms with Crippen molar-refractivity contribution in [3.8, 4) is 22.6 Å². The van der Waals surface area contributed by atoms with Crippen molar-refractivity contribution in [2.24, 2.45) is 10.2 Å². The molecule has 0 aliphatic carbocycles. The maximum absolute atomic E-state index is 12.1. The van der Waals surface area contributed by atoms with Crippen LogP contribution in [0, 0.1) is 0 Å². The highest BCUT2D eigenvalue weighted by molar-refractivity contribution is 6.31. The topological polar surface area (TPSA) is 85.4 Å². The standard InChI is InChI=1S/C20H14ClN3O3/c1-27-19-10-7-14(13-5-3-2-4-6-13)11-17(19)22-24-23-20(26)16-12-15(21)8-9-18(16)25/h2-12H,1H3/p+1. The van der Waals surface area contributed by atoms with Gasteiger partial charge in [0.25, 0.3) is 0 Å². The molecule has 3 aromatic rings. The van der Waals surface area contributed by atoms with Crippen molar-refractivity contribution in [3.05, 3.63) is 77.3 Å². The van der Waals surface area contributed by atoms with E-state index in [-0.39, 0.29) is 11.3 Å². The Kier molecular flexibility index (Phi) is 5.61. The molecular weight excluding hydrogens is 366 g/mol. The number of hydrogen-bond donors (Lipinski definition) is 1. The lowest BCUT2D eigenvalue weighted by molar-refractivity contribution is 0.0990. The largest absolute Gasteiger partial charge is 0.507 e. The van der Waals surface area contributed by atoms with Gasteiger partial charge in [-0.25, -0.2) is 0 Å². The molecule has 0 bridgehead atoms. The first kappa shape index (κ1) is 18.3. The number of hydrogen-bond acceptors (Lipinski definition) is 4. The number of phenols is 1. The summed E-state index contributed by atoms with van der Waals surface area (Å²) < 4.78 is 5.28. The summed E-state index contributed by atoms with van der Waals surface area (Å²) >= 11 is 5.83. The van der Waals surface area contributed by atoms with Crippen LogP contribution in [0.15, 0.2) is 77.0 Å². The molecule has 134 valence electrons. The van der Waals surface area contributed by atoms with Crippen LogP contribution in [0.3, 0.4) is 0 Å². The van der Waals surface area contributed by atoms with Crippen molar-refractivity contribution in [1.82, 2.24) is 4.91 Å². The zero-order chi connectivity index (χ0) is 19.2. The zero-order valence-corrected chi connectivity index (χ0v) is 15.1. The molecular formula is C20H15ClN3O3+. The van der Waals surface area contributed by atoms with Crippen LogP contribution in [-0.4, -0.2) is 18.1 Å². The fraction of sp³-hybridized carbons (Fsp3) is 0.0500. The summed E-state index contributed by atoms with van der Waals surface area (Å²) in [4.78, 5) is 15.7. The first-order valence-corrected chi connectivity index (χ1v) is 8.34. The predicted octanol–water partition coefficient (Wildman–Crippen LogP) is 5.16. The Morgan fingerprint density at radius 1 is 1.04 bits per heavy atom. The van der Waals surface area contributed by atoms with Gasteiger partial charge in [-0.1, -0.05) is 48.0 Å². The Balaban J connectivity index is 1.92. The number of methoxy groups -OCH3 is 1. The van der Waals surface area contributed by atoms with Gasteiger partial charge < -0.3 is 9.84 Å². The lowest BCUT2D eigenvalue weighted by Gasteiger charge is -2.04. The Bertz CT molecular complexity index is 1050. The second-order valence-electron chi connectivity index (χ2n) is 5.51. The van der Waals surface area contributed by atoms with Crippen LogP contribution in [0.25, 0.3) is 11.1 Å². The Hall–Kier alpha value is -3.47. The van der Waals surface area contributed by atoms with Gasteiger partial charge in [0, 0.05) is 5.02 Å². The highest BCUT2D eigenvalue weighted by atomic mass is 35.5. The quantitative estimate of drug-likeness (QED) is 0.500. The summed E-state index contributed by atoms with van der Waals surface area (Å²) in [7, 11) is 1.52. The highest BCUT2D eigenvalue weighted by Gasteiger charge is 2.16. The summed E-state index contributed by atoms with van der Waals surface area (Å²) in [5, 5.41) is 17.5. The number of carbonyl (C=O) groups is 1. The van der Waals surface area contributed by atoms with Crippen molar-refractivity contribution >= 4 is 23.2 Å². The van der Waals surface area contributed by atoms with Crippen LogP contribution >= 0.6 is 11.6 Å². The van der Waals surface area contributed by atoms with Gasteiger partial charge >= 0.3 is 5.91 Å². The van der Waals surface area contributed by atoms with E-state index < -0.39 is 5.91 Å². The molecule has 3 rings (SSSR count). The summed E-state index contributed by atoms with van der Waals surface area (Å²) in [5.74, 6) is -0.490. The molecule has 0 saturated heterocycles. The van der Waals surface area contributed by atoms with Gasteiger partial charge in [-0.2, -0.15) is 0 Å². The number of benzene rings is 3. The molecule has 1 N–H and O–H groups in total. The fourth-order valence-electron chi connectivity index (χ4n) is 2.42. The van der Waals surface area contributed by atoms with E-state index in [2.05, 4.69) is 15.1 Å². The van der Waals surface area contributed by atoms with Gasteiger partial charge in [-0.15, -0.1) is 0 Å². The van der Waals surface area contributed by atoms with Crippen LogP contribution in [0.2, 0.25) is 5.02 Å². The first-order chi connectivity index (χ1) is 13.1. The molecule has 0 radical (unpaired) electrons. The van der Waals surface area contributed by atoms with E-state index >= 15 is 0 Å². The average Bonchev–Trinajstić information content (AvgIpc) is 2.70. The van der Waals surface area contributed by atoms with Crippen molar-refractivity contribution in [3.63, 3.8) is 0 Å². The van der Waals surface area contributed by atoms with E-state index in [1.54, 1.807) is 12.1 Å². The lowest BCUT2D eigenvalue weighted by atomic mass is 10.1. The van der Waals surface area contributed by atoms with E-state index in [0.717, 1.165) is 11.1 Å². The first-order valence-electron chi connectivity index (χ1n) is 7.96. The highest BCUT2D eigenvalue weighted by Crippen LogP contribution is 2.32. The van der Waals surface area contributed by atoms with Crippen molar-refractivity contribution < 1.29 is 14.6 Å². The molecule has 0 unspecified atom stereocenters. The molecule has 27 heavy (non-hydrogen) atoms. The van der Waals surface area contributed by atoms with E-state index in [9.17, 15) is 9.90 Å². The molecule has 0 heterocycles. The summed E-state index contributed by atoms with van der Waals surface area (Å²) in [6.45, 7) is 0. The van der Waals surface area contributed by atoms with Gasteiger partial charge in [-0.05, 0) is 41.5 Å². The maximum Gasteiger partial charge on any atom is 0.364 e. The molecule has 0 aliphatic heterocycles. The third kappa shape index (κ3) is 4.39. The summed E-state index contributed by atoms with van der Waals surface area (Å²) in [6, 6.07) is 19.3. The maximum atomic E-state index is 12.1. The molecule has 3 aromatic carbocycles. The normalized spacial score (nSPS) is 10.0. The molecule has 6 nitrogen and oxygen atoms in total. The van der Waals surface area contributed by atoms with Crippen LogP contribution in [-0.2, 0) is 0 Å². The van der Waals surface area contributed by atoms with E-state index in [1.807, 2.05) is 36.4 Å². The minimum Gasteiger partial charge on any atom is -0.507 e. The van der Waals surface area contributed by atoms with Gasteiger partial charge in [0.2, 0.25) is 10.0 Å². The number of ether oxygens (including phenoxy) is 1. The third-order valence-electron chi connectivity index (χ3n) is 3.76. The number of amides is 1. The third-order valence-corrected chi connectivity index (χ3v) is 4.00. The van der Waals surface area contributed by atoms with E-state index in [0.29, 0.717) is 16.5 Å². The van der Waals surface area contributed by atoms with Crippen molar-refractivity contribution in [2.75, 3.05) is 7.11 Å². The zero-order valence-electron chi connectivity index (χ0n) is 14.3. The second-order valence-corrected chi connectivity index (χ2v) is 5.95. The van der Waals surface area contributed by atoms with Crippen molar-refractivity contribution in [2.45, 2.75) is 0 Å². The minimum atomic E-state index is -0.753. The predicted molar refractivity (Wildman–Crippen MR) is 103 cm³/mol. The number of aromatic hydroxyl groups is 1. The fourth-order valence-corrected chi connectivity index (χ4v) is 2.59. The monoisotopic (exact) mass is 380 g/mol. The van der Waals surface area contributed by atoms with Crippen molar-refractivity contribution in [1.29, 1.82) is 0 Å². The molecule has 0 aliphatic rings. The number of halogens is 1. The van der Waals surface area contributed by atoms with Gasteiger partial charge in [0.05, 0.1) is 12.7 Å². The molecule has 0 aromatic heterocycles. The molecule has 0 spiro atoms. The Labute approximate surface area is 160 Å². The molecule has 7 heteroatoms.